The van der Waals surface area contributed by atoms with Crippen molar-refractivity contribution >= 4 is 5.78 Å². The maximum absolute atomic E-state index is 12.1. The van der Waals surface area contributed by atoms with Crippen LogP contribution in [0.15, 0.2) is 12.1 Å². The third-order valence-corrected chi connectivity index (χ3v) is 4.19. The van der Waals surface area contributed by atoms with E-state index in [1.54, 1.807) is 0 Å². The van der Waals surface area contributed by atoms with Crippen LogP contribution in [-0.4, -0.2) is 10.8 Å². The second kappa shape index (κ2) is 6.83. The molecule has 1 aliphatic carbocycles. The summed E-state index contributed by atoms with van der Waals surface area (Å²) >= 11 is 0. The first-order valence-corrected chi connectivity index (χ1v) is 7.74. The Bertz CT molecular complexity index is 411. The van der Waals surface area contributed by atoms with Gasteiger partial charge >= 0.3 is 0 Å². The van der Waals surface area contributed by atoms with Crippen molar-refractivity contribution in [3.63, 3.8) is 0 Å². The van der Waals surface area contributed by atoms with Gasteiger partial charge in [-0.1, -0.05) is 26.7 Å². The van der Waals surface area contributed by atoms with Gasteiger partial charge in [0.1, 0.15) is 5.78 Å². The van der Waals surface area contributed by atoms with Crippen LogP contribution < -0.4 is 0 Å². The molecule has 0 aromatic carbocycles. The van der Waals surface area contributed by atoms with Crippen molar-refractivity contribution in [2.75, 3.05) is 0 Å². The molecule has 1 aromatic rings. The number of Topliss-reactive ketones (excluding diaryl/α,β-unsaturated/α-hetero) is 1. The Morgan fingerprint density at radius 1 is 1.16 bits per heavy atom. The van der Waals surface area contributed by atoms with Crippen LogP contribution in [0, 0.1) is 5.92 Å². The Morgan fingerprint density at radius 3 is 2.26 bits per heavy atom. The molecule has 0 aliphatic heterocycles. The summed E-state index contributed by atoms with van der Waals surface area (Å²) in [6, 6.07) is 4.34. The Kier molecular flexibility index (Phi) is 5.12. The molecular formula is C17H25NO. The number of pyridine rings is 1. The minimum Gasteiger partial charge on any atom is -0.299 e. The van der Waals surface area contributed by atoms with E-state index < -0.39 is 0 Å². The van der Waals surface area contributed by atoms with Crippen LogP contribution >= 0.6 is 0 Å². The maximum atomic E-state index is 12.1. The first-order chi connectivity index (χ1) is 9.22. The Labute approximate surface area is 116 Å². The van der Waals surface area contributed by atoms with Crippen molar-refractivity contribution < 1.29 is 4.79 Å². The molecule has 2 nitrogen and oxygen atoms in total. The highest BCUT2D eigenvalue weighted by molar-refractivity contribution is 5.81. The van der Waals surface area contributed by atoms with E-state index in [0.29, 0.717) is 18.1 Å². The number of nitrogens with zero attached hydrogens (tertiary/aromatic N) is 1. The number of carbonyl (C=O) groups excluding carboxylic acids is 1. The quantitative estimate of drug-likeness (QED) is 0.775. The number of carbonyl (C=O) groups is 1. The van der Waals surface area contributed by atoms with Crippen LogP contribution in [0.25, 0.3) is 0 Å². The normalized spacial score (nSPS) is 15.9. The summed E-state index contributed by atoms with van der Waals surface area (Å²) in [7, 11) is 0. The lowest BCUT2D eigenvalue weighted by Crippen LogP contribution is -2.11. The molecule has 2 rings (SSSR count). The molecule has 0 atom stereocenters. The van der Waals surface area contributed by atoms with E-state index in [2.05, 4.69) is 31.0 Å². The van der Waals surface area contributed by atoms with Crippen molar-refractivity contribution in [1.82, 2.24) is 4.98 Å². The molecule has 1 aromatic heterocycles. The zero-order valence-corrected chi connectivity index (χ0v) is 12.2. The minimum atomic E-state index is 0.359. The molecule has 1 aliphatic rings. The summed E-state index contributed by atoms with van der Waals surface area (Å²) in [5.41, 5.74) is 3.60. The average molecular weight is 259 g/mol. The van der Waals surface area contributed by atoms with Crippen LogP contribution in [0.3, 0.4) is 0 Å². The van der Waals surface area contributed by atoms with Gasteiger partial charge < -0.3 is 0 Å². The average Bonchev–Trinajstić information content (AvgIpc) is 2.98. The topological polar surface area (TPSA) is 30.0 Å². The van der Waals surface area contributed by atoms with Gasteiger partial charge in [-0.2, -0.15) is 0 Å². The fraction of sp³-hybridized carbons (Fsp3) is 0.647. The van der Waals surface area contributed by atoms with E-state index in [9.17, 15) is 4.79 Å². The number of hydrogen-bond donors (Lipinski definition) is 0. The predicted octanol–water partition coefficient (Wildman–Crippen LogP) is 3.90. The largest absolute Gasteiger partial charge is 0.299 e. The molecule has 0 saturated heterocycles. The summed E-state index contributed by atoms with van der Waals surface area (Å²) < 4.78 is 0. The first kappa shape index (κ1) is 14.2. The van der Waals surface area contributed by atoms with Gasteiger partial charge in [-0.15, -0.1) is 0 Å². The molecule has 0 unspecified atom stereocenters. The van der Waals surface area contributed by atoms with Crippen LogP contribution in [0.5, 0.6) is 0 Å². The van der Waals surface area contributed by atoms with Crippen LogP contribution in [0.2, 0.25) is 0 Å². The standard InChI is InChI=1S/C17H25NO/c1-3-15-11-13(12-16(4-2)18-15)9-10-17(19)14-7-5-6-8-14/h11-12,14H,3-10H2,1-2H3. The van der Waals surface area contributed by atoms with Crippen molar-refractivity contribution in [1.29, 1.82) is 0 Å². The van der Waals surface area contributed by atoms with E-state index in [-0.39, 0.29) is 0 Å². The van der Waals surface area contributed by atoms with E-state index in [1.807, 2.05) is 0 Å². The first-order valence-electron chi connectivity index (χ1n) is 7.74. The Morgan fingerprint density at radius 2 is 1.74 bits per heavy atom. The molecular weight excluding hydrogens is 234 g/mol. The molecule has 0 N–H and O–H groups in total. The number of rotatable bonds is 6. The van der Waals surface area contributed by atoms with Gasteiger partial charge in [-0.25, -0.2) is 0 Å². The third-order valence-electron chi connectivity index (χ3n) is 4.19. The maximum Gasteiger partial charge on any atom is 0.136 e. The van der Waals surface area contributed by atoms with Crippen molar-refractivity contribution in [3.05, 3.63) is 29.1 Å². The lowest BCUT2D eigenvalue weighted by molar-refractivity contribution is -0.122. The van der Waals surface area contributed by atoms with Gasteiger partial charge in [-0.3, -0.25) is 9.78 Å². The molecule has 2 heteroatoms. The second-order valence-electron chi connectivity index (χ2n) is 5.61. The summed E-state index contributed by atoms with van der Waals surface area (Å²) in [5.74, 6) is 0.837. The molecule has 0 bridgehead atoms. The van der Waals surface area contributed by atoms with Crippen molar-refractivity contribution in [3.8, 4) is 0 Å². The minimum absolute atomic E-state index is 0.359. The SMILES string of the molecule is CCc1cc(CCC(=O)C2CCCC2)cc(CC)n1. The van der Waals surface area contributed by atoms with Gasteiger partial charge in [0.15, 0.2) is 0 Å². The molecule has 1 heterocycles. The van der Waals surface area contributed by atoms with E-state index >= 15 is 0 Å². The van der Waals surface area contributed by atoms with E-state index in [1.165, 1.54) is 18.4 Å². The molecule has 19 heavy (non-hydrogen) atoms. The molecule has 0 amide bonds. The summed E-state index contributed by atoms with van der Waals surface area (Å²) in [6.07, 6.45) is 8.26. The summed E-state index contributed by atoms with van der Waals surface area (Å²) in [4.78, 5) is 16.7. The van der Waals surface area contributed by atoms with Gasteiger partial charge in [0.05, 0.1) is 0 Å². The molecule has 104 valence electrons. The Balaban J connectivity index is 1.96. The van der Waals surface area contributed by atoms with E-state index in [0.717, 1.165) is 43.5 Å². The van der Waals surface area contributed by atoms with Gasteiger partial charge in [0.25, 0.3) is 0 Å². The highest BCUT2D eigenvalue weighted by Crippen LogP contribution is 2.26. The molecule has 0 radical (unpaired) electrons. The summed E-state index contributed by atoms with van der Waals surface area (Å²) in [6.45, 7) is 4.27. The highest BCUT2D eigenvalue weighted by atomic mass is 16.1. The highest BCUT2D eigenvalue weighted by Gasteiger charge is 2.21. The molecule has 0 spiro atoms. The fourth-order valence-corrected chi connectivity index (χ4v) is 2.94. The van der Waals surface area contributed by atoms with Crippen molar-refractivity contribution in [2.45, 2.75) is 65.2 Å². The van der Waals surface area contributed by atoms with Crippen LogP contribution in [-0.2, 0) is 24.1 Å². The van der Waals surface area contributed by atoms with Gasteiger partial charge in [0.2, 0.25) is 0 Å². The number of ketones is 1. The second-order valence-corrected chi connectivity index (χ2v) is 5.61. The van der Waals surface area contributed by atoms with Crippen molar-refractivity contribution in [2.24, 2.45) is 5.92 Å². The zero-order valence-electron chi connectivity index (χ0n) is 12.2. The number of hydrogen-bond acceptors (Lipinski definition) is 2. The molecule has 1 fully saturated rings. The smallest absolute Gasteiger partial charge is 0.136 e. The zero-order chi connectivity index (χ0) is 13.7. The molecule has 1 saturated carbocycles. The van der Waals surface area contributed by atoms with Gasteiger partial charge in [0, 0.05) is 23.7 Å². The predicted molar refractivity (Wildman–Crippen MR) is 78.3 cm³/mol. The van der Waals surface area contributed by atoms with Crippen LogP contribution in [0.1, 0.15) is 62.9 Å². The monoisotopic (exact) mass is 259 g/mol. The van der Waals surface area contributed by atoms with E-state index in [4.69, 9.17) is 0 Å². The lowest BCUT2D eigenvalue weighted by Gasteiger charge is -2.09. The summed E-state index contributed by atoms with van der Waals surface area (Å²) in [5, 5.41) is 0. The fourth-order valence-electron chi connectivity index (χ4n) is 2.94. The number of aromatic nitrogens is 1. The van der Waals surface area contributed by atoms with Gasteiger partial charge in [-0.05, 0) is 49.8 Å². The van der Waals surface area contributed by atoms with Crippen LogP contribution in [0.4, 0.5) is 0 Å². The Hall–Kier alpha value is -1.18. The number of aryl methyl sites for hydroxylation is 3. The lowest BCUT2D eigenvalue weighted by atomic mass is 9.96. The third kappa shape index (κ3) is 3.89.